The van der Waals surface area contributed by atoms with Gasteiger partial charge in [-0.2, -0.15) is 0 Å². The van der Waals surface area contributed by atoms with Gasteiger partial charge in [0.1, 0.15) is 0 Å². The molecule has 1 unspecified atom stereocenters. The van der Waals surface area contributed by atoms with Crippen molar-refractivity contribution in [2.24, 2.45) is 5.92 Å². The van der Waals surface area contributed by atoms with Crippen molar-refractivity contribution in [3.05, 3.63) is 0 Å². The topological polar surface area (TPSA) is 41.5 Å². The summed E-state index contributed by atoms with van der Waals surface area (Å²) in [5.41, 5.74) is -0.0447. The summed E-state index contributed by atoms with van der Waals surface area (Å²) in [6.45, 7) is 7.14. The van der Waals surface area contributed by atoms with E-state index in [0.29, 0.717) is 5.92 Å². The quantitative estimate of drug-likeness (QED) is 0.634. The van der Waals surface area contributed by atoms with Gasteiger partial charge in [-0.1, -0.05) is 13.8 Å². The van der Waals surface area contributed by atoms with Crippen molar-refractivity contribution in [1.29, 1.82) is 0 Å². The molecule has 0 aromatic rings. The van der Waals surface area contributed by atoms with E-state index >= 15 is 0 Å². The Labute approximate surface area is 86.8 Å². The minimum absolute atomic E-state index is 0.0447. The highest BCUT2D eigenvalue weighted by Gasteiger charge is 2.31. The van der Waals surface area contributed by atoms with Crippen LogP contribution in [0.1, 0.15) is 33.1 Å². The number of aliphatic hydroxyl groups excluding tert-OH is 1. The fourth-order valence-electron chi connectivity index (χ4n) is 1.88. The maximum atomic E-state index is 9.31. The highest BCUT2D eigenvalue weighted by molar-refractivity contribution is 4.92. The molecule has 3 nitrogen and oxygen atoms in total. The summed E-state index contributed by atoms with van der Waals surface area (Å²) >= 11 is 0. The van der Waals surface area contributed by atoms with Gasteiger partial charge in [0.05, 0.1) is 6.61 Å². The molecule has 1 saturated heterocycles. The molecule has 14 heavy (non-hydrogen) atoms. The van der Waals surface area contributed by atoms with Crippen molar-refractivity contribution >= 4 is 0 Å². The number of hydrogen-bond acceptors (Lipinski definition) is 3. The number of ether oxygens (including phenoxy) is 1. The van der Waals surface area contributed by atoms with E-state index in [1.165, 1.54) is 6.42 Å². The molecule has 1 rings (SSSR count). The van der Waals surface area contributed by atoms with Crippen LogP contribution in [0.3, 0.4) is 0 Å². The van der Waals surface area contributed by atoms with Crippen LogP contribution in [0.5, 0.6) is 0 Å². The lowest BCUT2D eigenvalue weighted by Crippen LogP contribution is -2.44. The Morgan fingerprint density at radius 3 is 2.79 bits per heavy atom. The van der Waals surface area contributed by atoms with Crippen molar-refractivity contribution in [1.82, 2.24) is 5.32 Å². The lowest BCUT2D eigenvalue weighted by Gasteiger charge is -2.27. The average molecular weight is 201 g/mol. The minimum atomic E-state index is -0.0447. The van der Waals surface area contributed by atoms with Gasteiger partial charge in [0.25, 0.3) is 0 Å². The number of nitrogens with one attached hydrogen (secondary N) is 1. The Balaban J connectivity index is 2.15. The molecule has 0 spiro atoms. The monoisotopic (exact) mass is 201 g/mol. The first-order valence-corrected chi connectivity index (χ1v) is 5.62. The second kappa shape index (κ2) is 5.69. The van der Waals surface area contributed by atoms with Gasteiger partial charge in [-0.25, -0.2) is 0 Å². The van der Waals surface area contributed by atoms with E-state index in [1.54, 1.807) is 0 Å². The van der Waals surface area contributed by atoms with Crippen LogP contribution in [0.2, 0.25) is 0 Å². The molecular formula is C11H23NO2. The number of aliphatic hydroxyl groups is 1. The Morgan fingerprint density at radius 2 is 2.29 bits per heavy atom. The lowest BCUT2D eigenvalue weighted by atomic mass is 9.95. The first-order valence-electron chi connectivity index (χ1n) is 5.62. The third kappa shape index (κ3) is 3.56. The van der Waals surface area contributed by atoms with Crippen LogP contribution in [0.25, 0.3) is 0 Å². The first kappa shape index (κ1) is 12.0. The molecule has 0 bridgehead atoms. The average Bonchev–Trinajstić information content (AvgIpc) is 2.62. The van der Waals surface area contributed by atoms with Gasteiger partial charge in [0, 0.05) is 18.8 Å². The van der Waals surface area contributed by atoms with Gasteiger partial charge >= 0.3 is 0 Å². The van der Waals surface area contributed by atoms with Crippen LogP contribution in [0.15, 0.2) is 0 Å². The van der Waals surface area contributed by atoms with E-state index in [1.807, 2.05) is 0 Å². The fourth-order valence-corrected chi connectivity index (χ4v) is 1.88. The van der Waals surface area contributed by atoms with Crippen molar-refractivity contribution < 1.29 is 9.84 Å². The summed E-state index contributed by atoms with van der Waals surface area (Å²) in [6, 6.07) is 0. The molecule has 0 amide bonds. The molecule has 1 atom stereocenters. The summed E-state index contributed by atoms with van der Waals surface area (Å²) < 4.78 is 5.53. The number of rotatable bonds is 6. The Hall–Kier alpha value is -0.120. The van der Waals surface area contributed by atoms with E-state index in [-0.39, 0.29) is 12.1 Å². The van der Waals surface area contributed by atoms with E-state index in [9.17, 15) is 5.11 Å². The molecule has 1 fully saturated rings. The summed E-state index contributed by atoms with van der Waals surface area (Å²) in [4.78, 5) is 0. The summed E-state index contributed by atoms with van der Waals surface area (Å²) in [5, 5.41) is 12.7. The molecule has 0 radical (unpaired) electrons. The van der Waals surface area contributed by atoms with Gasteiger partial charge in [-0.15, -0.1) is 0 Å². The predicted molar refractivity (Wildman–Crippen MR) is 57.3 cm³/mol. The zero-order valence-corrected chi connectivity index (χ0v) is 9.38. The van der Waals surface area contributed by atoms with E-state index in [0.717, 1.165) is 32.6 Å². The van der Waals surface area contributed by atoms with Crippen LogP contribution in [-0.4, -0.2) is 37.0 Å². The van der Waals surface area contributed by atoms with Gasteiger partial charge in [-0.05, 0) is 31.7 Å². The molecule has 84 valence electrons. The summed E-state index contributed by atoms with van der Waals surface area (Å²) in [7, 11) is 0. The third-order valence-corrected chi connectivity index (χ3v) is 2.81. The summed E-state index contributed by atoms with van der Waals surface area (Å²) in [5.74, 6) is 0.594. The lowest BCUT2D eigenvalue weighted by molar-refractivity contribution is 0.0734. The van der Waals surface area contributed by atoms with Crippen molar-refractivity contribution in [3.63, 3.8) is 0 Å². The smallest absolute Gasteiger partial charge is 0.0614 e. The SMILES string of the molecule is CC(C)COCCC1(CO)CCCN1. The molecule has 0 aromatic carbocycles. The van der Waals surface area contributed by atoms with Gasteiger partial charge in [0.15, 0.2) is 0 Å². The minimum Gasteiger partial charge on any atom is -0.394 e. The molecule has 0 aliphatic carbocycles. The van der Waals surface area contributed by atoms with E-state index < -0.39 is 0 Å². The summed E-state index contributed by atoms with van der Waals surface area (Å²) in [6.07, 6.45) is 3.18. The van der Waals surface area contributed by atoms with E-state index in [4.69, 9.17) is 4.74 Å². The molecule has 2 N–H and O–H groups in total. The highest BCUT2D eigenvalue weighted by Crippen LogP contribution is 2.22. The zero-order chi connectivity index (χ0) is 10.4. The maximum Gasteiger partial charge on any atom is 0.0614 e. The molecule has 0 saturated carbocycles. The Kier molecular flexibility index (Phi) is 4.85. The fraction of sp³-hybridized carbons (Fsp3) is 1.00. The van der Waals surface area contributed by atoms with Crippen LogP contribution < -0.4 is 5.32 Å². The molecule has 0 aromatic heterocycles. The van der Waals surface area contributed by atoms with Gasteiger partial charge in [0.2, 0.25) is 0 Å². The molecule has 1 aliphatic heterocycles. The van der Waals surface area contributed by atoms with E-state index in [2.05, 4.69) is 19.2 Å². The van der Waals surface area contributed by atoms with Crippen molar-refractivity contribution in [3.8, 4) is 0 Å². The van der Waals surface area contributed by atoms with Crippen LogP contribution in [0, 0.1) is 5.92 Å². The van der Waals surface area contributed by atoms with Gasteiger partial charge < -0.3 is 15.2 Å². The predicted octanol–water partition coefficient (Wildman–Crippen LogP) is 1.16. The van der Waals surface area contributed by atoms with Gasteiger partial charge in [-0.3, -0.25) is 0 Å². The molecular weight excluding hydrogens is 178 g/mol. The Morgan fingerprint density at radius 1 is 1.50 bits per heavy atom. The van der Waals surface area contributed by atoms with Crippen LogP contribution >= 0.6 is 0 Å². The zero-order valence-electron chi connectivity index (χ0n) is 9.38. The largest absolute Gasteiger partial charge is 0.394 e. The van der Waals surface area contributed by atoms with Crippen molar-refractivity contribution in [2.45, 2.75) is 38.6 Å². The van der Waals surface area contributed by atoms with Crippen LogP contribution in [-0.2, 0) is 4.74 Å². The van der Waals surface area contributed by atoms with Crippen LogP contribution in [0.4, 0.5) is 0 Å². The maximum absolute atomic E-state index is 9.31. The first-order chi connectivity index (χ1) is 6.68. The standard InChI is InChI=1S/C11H23NO2/c1-10(2)8-14-7-5-11(9-13)4-3-6-12-11/h10,12-13H,3-9H2,1-2H3. The molecule has 3 heteroatoms. The molecule has 1 heterocycles. The molecule has 1 aliphatic rings. The Bertz CT molecular complexity index is 153. The second-order valence-electron chi connectivity index (χ2n) is 4.69. The normalized spacial score (nSPS) is 27.4. The second-order valence-corrected chi connectivity index (χ2v) is 4.69. The third-order valence-electron chi connectivity index (χ3n) is 2.81. The van der Waals surface area contributed by atoms with Crippen molar-refractivity contribution in [2.75, 3.05) is 26.4 Å². The number of hydrogen-bond donors (Lipinski definition) is 2. The highest BCUT2D eigenvalue weighted by atomic mass is 16.5.